The fraction of sp³-hybridized carbons (Fsp3) is 0.571. The lowest BCUT2D eigenvalue weighted by atomic mass is 9.87. The van der Waals surface area contributed by atoms with E-state index in [9.17, 15) is 5.11 Å². The van der Waals surface area contributed by atoms with Crippen LogP contribution in [0.1, 0.15) is 30.7 Å². The standard InChI is InChI=1S/C14H18O2/c15-14(6-8-16-9-7-14)13-10-12(13)11-4-2-1-3-5-11/h1-5,12-13,15H,6-10H2. The van der Waals surface area contributed by atoms with Gasteiger partial charge in [0.15, 0.2) is 0 Å². The molecule has 1 aromatic rings. The minimum Gasteiger partial charge on any atom is -0.389 e. The first-order valence-corrected chi connectivity index (χ1v) is 6.15. The van der Waals surface area contributed by atoms with Gasteiger partial charge in [-0.1, -0.05) is 30.3 Å². The molecule has 1 aliphatic carbocycles. The van der Waals surface area contributed by atoms with E-state index in [-0.39, 0.29) is 0 Å². The summed E-state index contributed by atoms with van der Waals surface area (Å²) in [6, 6.07) is 10.6. The maximum atomic E-state index is 10.6. The van der Waals surface area contributed by atoms with Gasteiger partial charge in [0, 0.05) is 13.2 Å². The highest BCUT2D eigenvalue weighted by atomic mass is 16.5. The molecule has 2 fully saturated rings. The van der Waals surface area contributed by atoms with Crippen molar-refractivity contribution in [3.63, 3.8) is 0 Å². The summed E-state index contributed by atoms with van der Waals surface area (Å²) >= 11 is 0. The van der Waals surface area contributed by atoms with Gasteiger partial charge in [0.05, 0.1) is 5.60 Å². The molecule has 1 aliphatic heterocycles. The number of hydrogen-bond donors (Lipinski definition) is 1. The van der Waals surface area contributed by atoms with E-state index < -0.39 is 5.60 Å². The molecule has 1 saturated carbocycles. The predicted molar refractivity (Wildman–Crippen MR) is 62.3 cm³/mol. The van der Waals surface area contributed by atoms with Crippen LogP contribution in [0.25, 0.3) is 0 Å². The average molecular weight is 218 g/mol. The smallest absolute Gasteiger partial charge is 0.0725 e. The van der Waals surface area contributed by atoms with Crippen LogP contribution in [-0.4, -0.2) is 23.9 Å². The monoisotopic (exact) mass is 218 g/mol. The summed E-state index contributed by atoms with van der Waals surface area (Å²) in [5.74, 6) is 1.03. The Balaban J connectivity index is 1.71. The van der Waals surface area contributed by atoms with E-state index in [1.165, 1.54) is 5.56 Å². The summed E-state index contributed by atoms with van der Waals surface area (Å²) in [4.78, 5) is 0. The first-order chi connectivity index (χ1) is 7.80. The number of rotatable bonds is 2. The van der Waals surface area contributed by atoms with Crippen molar-refractivity contribution < 1.29 is 9.84 Å². The Hall–Kier alpha value is -0.860. The molecule has 0 amide bonds. The van der Waals surface area contributed by atoms with Gasteiger partial charge in [-0.25, -0.2) is 0 Å². The Labute approximate surface area is 96.2 Å². The summed E-state index contributed by atoms with van der Waals surface area (Å²) in [7, 11) is 0. The van der Waals surface area contributed by atoms with E-state index in [0.717, 1.165) is 19.3 Å². The SMILES string of the molecule is OC1(C2CC2c2ccccc2)CCOCC1. The molecule has 86 valence electrons. The van der Waals surface area contributed by atoms with Gasteiger partial charge >= 0.3 is 0 Å². The molecule has 1 saturated heterocycles. The molecule has 0 radical (unpaired) electrons. The molecular weight excluding hydrogens is 200 g/mol. The largest absolute Gasteiger partial charge is 0.389 e. The molecule has 2 heteroatoms. The number of hydrogen-bond acceptors (Lipinski definition) is 2. The number of benzene rings is 1. The molecule has 1 N–H and O–H groups in total. The third kappa shape index (κ3) is 1.76. The second-order valence-corrected chi connectivity index (χ2v) is 5.08. The second kappa shape index (κ2) is 3.86. The van der Waals surface area contributed by atoms with Crippen LogP contribution in [0.5, 0.6) is 0 Å². The van der Waals surface area contributed by atoms with Crippen LogP contribution in [0.3, 0.4) is 0 Å². The second-order valence-electron chi connectivity index (χ2n) is 5.08. The summed E-state index contributed by atoms with van der Waals surface area (Å²) in [5.41, 5.74) is 0.922. The van der Waals surface area contributed by atoms with Crippen molar-refractivity contribution in [3.05, 3.63) is 35.9 Å². The highest BCUT2D eigenvalue weighted by Crippen LogP contribution is 2.55. The van der Waals surface area contributed by atoms with Crippen LogP contribution in [0.15, 0.2) is 30.3 Å². The van der Waals surface area contributed by atoms with E-state index in [4.69, 9.17) is 4.74 Å². The fourth-order valence-electron chi connectivity index (χ4n) is 2.95. The first kappa shape index (κ1) is 10.3. The summed E-state index contributed by atoms with van der Waals surface area (Å²) in [6.07, 6.45) is 2.75. The molecular formula is C14H18O2. The Morgan fingerprint density at radius 3 is 2.50 bits per heavy atom. The Kier molecular flexibility index (Phi) is 2.49. The maximum absolute atomic E-state index is 10.6. The zero-order chi connectivity index (χ0) is 11.0. The quantitative estimate of drug-likeness (QED) is 0.825. The predicted octanol–water partition coefficient (Wildman–Crippen LogP) is 2.33. The van der Waals surface area contributed by atoms with Gasteiger partial charge in [0.1, 0.15) is 0 Å². The molecule has 0 aromatic heterocycles. The van der Waals surface area contributed by atoms with Crippen molar-refractivity contribution in [1.29, 1.82) is 0 Å². The molecule has 1 aromatic carbocycles. The van der Waals surface area contributed by atoms with Crippen LogP contribution in [0, 0.1) is 5.92 Å². The molecule has 0 bridgehead atoms. The highest BCUT2D eigenvalue weighted by Gasteiger charge is 2.52. The average Bonchev–Trinajstić information content (AvgIpc) is 3.12. The van der Waals surface area contributed by atoms with Crippen LogP contribution in [-0.2, 0) is 4.74 Å². The van der Waals surface area contributed by atoms with Gasteiger partial charge in [-0.3, -0.25) is 0 Å². The summed E-state index contributed by atoms with van der Waals surface area (Å²) < 4.78 is 5.32. The van der Waals surface area contributed by atoms with Gasteiger partial charge in [-0.05, 0) is 36.7 Å². The lowest BCUT2D eigenvalue weighted by molar-refractivity contribution is -0.0782. The summed E-state index contributed by atoms with van der Waals surface area (Å²) in [5, 5.41) is 10.6. The van der Waals surface area contributed by atoms with Gasteiger partial charge in [0.2, 0.25) is 0 Å². The van der Waals surface area contributed by atoms with E-state index in [2.05, 4.69) is 24.3 Å². The van der Waals surface area contributed by atoms with E-state index in [1.807, 2.05) is 6.07 Å². The van der Waals surface area contributed by atoms with Crippen molar-refractivity contribution in [1.82, 2.24) is 0 Å². The first-order valence-electron chi connectivity index (χ1n) is 6.15. The molecule has 16 heavy (non-hydrogen) atoms. The van der Waals surface area contributed by atoms with Crippen molar-refractivity contribution in [3.8, 4) is 0 Å². The minimum atomic E-state index is -0.460. The molecule has 3 rings (SSSR count). The fourth-order valence-corrected chi connectivity index (χ4v) is 2.95. The molecule has 1 heterocycles. The van der Waals surface area contributed by atoms with Crippen LogP contribution in [0.4, 0.5) is 0 Å². The van der Waals surface area contributed by atoms with Gasteiger partial charge in [-0.2, -0.15) is 0 Å². The summed E-state index contributed by atoms with van der Waals surface area (Å²) in [6.45, 7) is 1.43. The maximum Gasteiger partial charge on any atom is 0.0725 e. The molecule has 2 unspecified atom stereocenters. The van der Waals surface area contributed by atoms with Crippen LogP contribution in [0.2, 0.25) is 0 Å². The topological polar surface area (TPSA) is 29.5 Å². The van der Waals surface area contributed by atoms with E-state index in [0.29, 0.717) is 25.0 Å². The molecule has 2 nitrogen and oxygen atoms in total. The lowest BCUT2D eigenvalue weighted by Gasteiger charge is -2.32. The highest BCUT2D eigenvalue weighted by molar-refractivity contribution is 5.27. The molecule has 2 atom stereocenters. The van der Waals surface area contributed by atoms with Crippen molar-refractivity contribution in [2.24, 2.45) is 5.92 Å². The Morgan fingerprint density at radius 1 is 1.12 bits per heavy atom. The zero-order valence-electron chi connectivity index (χ0n) is 9.43. The molecule has 0 spiro atoms. The number of aliphatic hydroxyl groups is 1. The third-order valence-corrected chi connectivity index (χ3v) is 4.07. The van der Waals surface area contributed by atoms with Crippen molar-refractivity contribution in [2.45, 2.75) is 30.8 Å². The van der Waals surface area contributed by atoms with Crippen molar-refractivity contribution >= 4 is 0 Å². The van der Waals surface area contributed by atoms with Gasteiger partial charge in [0.25, 0.3) is 0 Å². The van der Waals surface area contributed by atoms with E-state index in [1.54, 1.807) is 0 Å². The van der Waals surface area contributed by atoms with E-state index >= 15 is 0 Å². The Morgan fingerprint density at radius 2 is 1.81 bits per heavy atom. The van der Waals surface area contributed by atoms with Gasteiger partial charge < -0.3 is 9.84 Å². The molecule has 2 aliphatic rings. The lowest BCUT2D eigenvalue weighted by Crippen LogP contribution is -2.38. The van der Waals surface area contributed by atoms with Gasteiger partial charge in [-0.15, -0.1) is 0 Å². The van der Waals surface area contributed by atoms with Crippen LogP contribution < -0.4 is 0 Å². The minimum absolute atomic E-state index is 0.457. The van der Waals surface area contributed by atoms with Crippen molar-refractivity contribution in [2.75, 3.05) is 13.2 Å². The zero-order valence-corrected chi connectivity index (χ0v) is 9.43. The van der Waals surface area contributed by atoms with Crippen LogP contribution >= 0.6 is 0 Å². The normalized spacial score (nSPS) is 32.3. The Bertz CT molecular complexity index is 354. The number of ether oxygens (including phenoxy) is 1. The third-order valence-electron chi connectivity index (χ3n) is 4.07.